The molecule has 3 aromatic rings. The lowest BCUT2D eigenvalue weighted by atomic mass is 9.99. The van der Waals surface area contributed by atoms with Gasteiger partial charge in [-0.2, -0.15) is 0 Å². The molecule has 0 spiro atoms. The number of Topliss-reactive ketones (excluding diaryl/α,β-unsaturated/α-hetero) is 1. The maximum absolute atomic E-state index is 12.8. The molecule has 4 rings (SSSR count). The number of thiophene rings is 1. The number of aryl methyl sites for hydroxylation is 2. The van der Waals surface area contributed by atoms with E-state index >= 15 is 0 Å². The zero-order chi connectivity index (χ0) is 19.1. The number of ketones is 1. The lowest BCUT2D eigenvalue weighted by Crippen LogP contribution is -2.29. The molecule has 3 heterocycles. The third kappa shape index (κ3) is 2.86. The number of aromatic nitrogens is 1. The van der Waals surface area contributed by atoms with Gasteiger partial charge < -0.3 is 9.63 Å². The Morgan fingerprint density at radius 3 is 2.52 bits per heavy atom. The first-order chi connectivity index (χ1) is 13.0. The number of nitrogens with zero attached hydrogens (tertiary/aromatic N) is 2. The molecule has 1 saturated heterocycles. The number of rotatable bonds is 3. The number of aliphatic hydroxyl groups excluding tert-OH is 1. The van der Waals surface area contributed by atoms with E-state index in [1.165, 1.54) is 16.2 Å². The normalized spacial score (nSPS) is 19.0. The average molecular weight is 380 g/mol. The highest BCUT2D eigenvalue weighted by molar-refractivity contribution is 7.10. The minimum absolute atomic E-state index is 0.0481. The Morgan fingerprint density at radius 1 is 1.19 bits per heavy atom. The Balaban J connectivity index is 1.92. The second-order valence-corrected chi connectivity index (χ2v) is 7.33. The van der Waals surface area contributed by atoms with Crippen molar-refractivity contribution in [2.45, 2.75) is 19.9 Å². The first-order valence-corrected chi connectivity index (χ1v) is 9.20. The largest absolute Gasteiger partial charge is 0.507 e. The van der Waals surface area contributed by atoms with Crippen LogP contribution in [0.5, 0.6) is 0 Å². The van der Waals surface area contributed by atoms with Crippen LogP contribution in [0.3, 0.4) is 0 Å². The van der Waals surface area contributed by atoms with Crippen LogP contribution in [-0.2, 0) is 9.59 Å². The van der Waals surface area contributed by atoms with Crippen LogP contribution in [0.4, 0.5) is 5.82 Å². The van der Waals surface area contributed by atoms with Crippen LogP contribution in [0, 0.1) is 13.8 Å². The second kappa shape index (κ2) is 6.51. The van der Waals surface area contributed by atoms with E-state index in [0.717, 1.165) is 10.4 Å². The lowest BCUT2D eigenvalue weighted by molar-refractivity contribution is -0.132. The van der Waals surface area contributed by atoms with Crippen LogP contribution >= 0.6 is 11.3 Å². The number of amides is 1. The summed E-state index contributed by atoms with van der Waals surface area (Å²) in [6, 6.07) is 11.6. The highest BCUT2D eigenvalue weighted by Gasteiger charge is 2.48. The van der Waals surface area contributed by atoms with Gasteiger partial charge in [-0.25, -0.2) is 0 Å². The molecular weight excluding hydrogens is 364 g/mol. The van der Waals surface area contributed by atoms with Gasteiger partial charge in [0, 0.05) is 16.5 Å². The first-order valence-electron chi connectivity index (χ1n) is 8.32. The molecule has 6 nitrogen and oxygen atoms in total. The maximum Gasteiger partial charge on any atom is 0.301 e. The standard InChI is InChI=1S/C20H16N2O4S/c1-11-5-7-13(8-6-11)18(23)16-17(14-4-3-9-27-14)22(20(25)19(16)24)15-10-12(2)26-21-15/h3-10,17,23H,1-2H3/t17-/m1/s1. The molecule has 1 aromatic carbocycles. The average Bonchev–Trinajstić information content (AvgIpc) is 3.37. The molecule has 1 N–H and O–H groups in total. The van der Waals surface area contributed by atoms with E-state index in [4.69, 9.17) is 4.52 Å². The fourth-order valence-electron chi connectivity index (χ4n) is 3.12. The summed E-state index contributed by atoms with van der Waals surface area (Å²) in [5, 5.41) is 16.6. The molecule has 0 bridgehead atoms. The third-order valence-corrected chi connectivity index (χ3v) is 5.37. The molecule has 0 radical (unpaired) electrons. The van der Waals surface area contributed by atoms with Gasteiger partial charge in [0.1, 0.15) is 17.6 Å². The second-order valence-electron chi connectivity index (χ2n) is 6.35. The van der Waals surface area contributed by atoms with Crippen molar-refractivity contribution in [3.63, 3.8) is 0 Å². The van der Waals surface area contributed by atoms with Crippen molar-refractivity contribution in [2.75, 3.05) is 4.90 Å². The van der Waals surface area contributed by atoms with Gasteiger partial charge in [0.15, 0.2) is 5.82 Å². The third-order valence-electron chi connectivity index (χ3n) is 4.44. The van der Waals surface area contributed by atoms with Gasteiger partial charge in [-0.3, -0.25) is 14.5 Å². The van der Waals surface area contributed by atoms with Crippen molar-refractivity contribution < 1.29 is 19.2 Å². The van der Waals surface area contributed by atoms with Crippen molar-refractivity contribution in [2.24, 2.45) is 0 Å². The predicted molar refractivity (Wildman–Crippen MR) is 102 cm³/mol. The molecular formula is C20H16N2O4S. The summed E-state index contributed by atoms with van der Waals surface area (Å²) in [6.07, 6.45) is 0. The first kappa shape index (κ1) is 17.2. The highest BCUT2D eigenvalue weighted by atomic mass is 32.1. The van der Waals surface area contributed by atoms with Crippen molar-refractivity contribution in [1.82, 2.24) is 5.16 Å². The molecule has 0 saturated carbocycles. The molecule has 1 fully saturated rings. The number of anilines is 1. The van der Waals surface area contributed by atoms with Gasteiger partial charge in [0.25, 0.3) is 5.78 Å². The number of benzene rings is 1. The molecule has 7 heteroatoms. The van der Waals surface area contributed by atoms with E-state index in [1.54, 1.807) is 25.1 Å². The summed E-state index contributed by atoms with van der Waals surface area (Å²) in [5.74, 6) is -0.914. The van der Waals surface area contributed by atoms with Gasteiger partial charge in [-0.1, -0.05) is 41.1 Å². The highest BCUT2D eigenvalue weighted by Crippen LogP contribution is 2.43. The molecule has 1 aliphatic heterocycles. The quantitative estimate of drug-likeness (QED) is 0.422. The Bertz CT molecular complexity index is 1050. The molecule has 2 aromatic heterocycles. The van der Waals surface area contributed by atoms with E-state index in [1.807, 2.05) is 36.6 Å². The lowest BCUT2D eigenvalue weighted by Gasteiger charge is -2.21. The minimum atomic E-state index is -0.754. The Hall–Kier alpha value is -3.19. The van der Waals surface area contributed by atoms with E-state index < -0.39 is 17.7 Å². The van der Waals surface area contributed by atoms with Crippen molar-refractivity contribution in [3.05, 3.63) is 75.2 Å². The maximum atomic E-state index is 12.8. The van der Waals surface area contributed by atoms with Crippen LogP contribution in [0.2, 0.25) is 0 Å². The topological polar surface area (TPSA) is 83.6 Å². The Kier molecular flexibility index (Phi) is 4.16. The van der Waals surface area contributed by atoms with Crippen LogP contribution in [-0.4, -0.2) is 22.0 Å². The molecule has 1 atom stereocenters. The molecule has 0 aliphatic carbocycles. The fraction of sp³-hybridized carbons (Fsp3) is 0.150. The zero-order valence-corrected chi connectivity index (χ0v) is 15.5. The van der Waals surface area contributed by atoms with E-state index in [9.17, 15) is 14.7 Å². The van der Waals surface area contributed by atoms with Gasteiger partial charge in [0.2, 0.25) is 0 Å². The Labute approximate surface area is 159 Å². The number of aliphatic hydroxyl groups is 1. The summed E-state index contributed by atoms with van der Waals surface area (Å²) in [7, 11) is 0. The number of hydrogen-bond donors (Lipinski definition) is 1. The van der Waals surface area contributed by atoms with Crippen LogP contribution in [0.15, 0.2) is 57.9 Å². The van der Waals surface area contributed by atoms with Crippen molar-refractivity contribution in [1.29, 1.82) is 0 Å². The minimum Gasteiger partial charge on any atom is -0.507 e. The number of carbonyl (C=O) groups is 2. The summed E-state index contributed by atoms with van der Waals surface area (Å²) >= 11 is 1.40. The molecule has 0 unspecified atom stereocenters. The monoisotopic (exact) mass is 380 g/mol. The van der Waals surface area contributed by atoms with E-state index in [0.29, 0.717) is 11.3 Å². The van der Waals surface area contributed by atoms with Gasteiger partial charge in [-0.05, 0) is 25.3 Å². The summed E-state index contributed by atoms with van der Waals surface area (Å²) in [4.78, 5) is 27.6. The van der Waals surface area contributed by atoms with Crippen LogP contribution < -0.4 is 4.90 Å². The molecule has 1 amide bonds. The zero-order valence-electron chi connectivity index (χ0n) is 14.7. The summed E-state index contributed by atoms with van der Waals surface area (Å²) in [6.45, 7) is 3.64. The van der Waals surface area contributed by atoms with Crippen molar-refractivity contribution in [3.8, 4) is 0 Å². The van der Waals surface area contributed by atoms with Gasteiger partial charge in [0.05, 0.1) is 5.57 Å². The van der Waals surface area contributed by atoms with E-state index in [-0.39, 0.29) is 17.2 Å². The van der Waals surface area contributed by atoms with Gasteiger partial charge >= 0.3 is 5.91 Å². The van der Waals surface area contributed by atoms with Crippen LogP contribution in [0.1, 0.15) is 27.8 Å². The summed E-state index contributed by atoms with van der Waals surface area (Å²) in [5.41, 5.74) is 1.56. The molecule has 136 valence electrons. The van der Waals surface area contributed by atoms with Crippen LogP contribution in [0.25, 0.3) is 5.76 Å². The SMILES string of the molecule is Cc1ccc(C(O)=C2C(=O)C(=O)N(c3cc(C)on3)[C@@H]2c2cccs2)cc1. The Morgan fingerprint density at radius 2 is 1.93 bits per heavy atom. The number of hydrogen-bond acceptors (Lipinski definition) is 6. The predicted octanol–water partition coefficient (Wildman–Crippen LogP) is 3.98. The molecule has 1 aliphatic rings. The summed E-state index contributed by atoms with van der Waals surface area (Å²) < 4.78 is 5.09. The van der Waals surface area contributed by atoms with E-state index in [2.05, 4.69) is 5.16 Å². The smallest absolute Gasteiger partial charge is 0.301 e. The fourth-order valence-corrected chi connectivity index (χ4v) is 3.94. The number of carbonyl (C=O) groups excluding carboxylic acids is 2. The van der Waals surface area contributed by atoms with Gasteiger partial charge in [-0.15, -0.1) is 11.3 Å². The van der Waals surface area contributed by atoms with Crippen molar-refractivity contribution >= 4 is 34.6 Å². The molecule has 27 heavy (non-hydrogen) atoms.